The largest absolute Gasteiger partial charge is 0.316 e. The van der Waals surface area contributed by atoms with Crippen LogP contribution in [0.25, 0.3) is 33.4 Å². The molecular weight excluding hydrogens is 1500 g/mol. The Hall–Kier alpha value is -13.7. The van der Waals surface area contributed by atoms with Crippen LogP contribution in [-0.4, -0.2) is 49.6 Å². The van der Waals surface area contributed by atoms with Crippen LogP contribution in [-0.2, 0) is 47.3 Å². The molecule has 13 heteroatoms. The van der Waals surface area contributed by atoms with Crippen LogP contribution in [0.3, 0.4) is 0 Å². The van der Waals surface area contributed by atoms with Gasteiger partial charge in [0.05, 0.1) is 34.1 Å². The third-order valence-electron chi connectivity index (χ3n) is 25.8. The minimum Gasteiger partial charge on any atom is -0.316 e. The van der Waals surface area contributed by atoms with Crippen molar-refractivity contribution in [1.29, 1.82) is 0 Å². The van der Waals surface area contributed by atoms with Crippen molar-refractivity contribution >= 4 is 91.7 Å². The normalized spacial score (nSPS) is 16.9. The van der Waals surface area contributed by atoms with Gasteiger partial charge in [-0.15, -0.1) is 0 Å². The summed E-state index contributed by atoms with van der Waals surface area (Å²) in [5.74, 6) is 5.00. The lowest BCUT2D eigenvalue weighted by Gasteiger charge is -2.29. The zero-order valence-electron chi connectivity index (χ0n) is 72.6. The molecule has 610 valence electrons. The Bertz CT molecular complexity index is 6020. The van der Waals surface area contributed by atoms with Gasteiger partial charge in [0.1, 0.15) is 24.7 Å². The molecule has 4 aromatic heterocycles. The summed E-state index contributed by atoms with van der Waals surface area (Å²) >= 11 is 0. The van der Waals surface area contributed by atoms with E-state index in [1.807, 2.05) is 36.8 Å². The van der Waals surface area contributed by atoms with Crippen LogP contribution in [0.4, 0.5) is 91.7 Å². The van der Waals surface area contributed by atoms with E-state index in [0.29, 0.717) is 0 Å². The number of pyridine rings is 3. The second-order valence-electron chi connectivity index (χ2n) is 37.8. The summed E-state index contributed by atoms with van der Waals surface area (Å²) in [4.78, 5) is 43.6. The molecule has 4 atom stereocenters. The zero-order chi connectivity index (χ0) is 84.4. The number of para-hydroxylation sites is 4. The number of aryl methyl sites for hydroxylation is 1. The zero-order valence-corrected chi connectivity index (χ0v) is 72.6. The lowest BCUT2D eigenvalue weighted by Crippen LogP contribution is -2.36. The predicted molar refractivity (Wildman–Crippen MR) is 509 cm³/mol. The summed E-state index contributed by atoms with van der Waals surface area (Å²) in [6.45, 7) is 29.5. The van der Waals surface area contributed by atoms with E-state index in [1.165, 1.54) is 140 Å². The highest BCUT2D eigenvalue weighted by molar-refractivity contribution is 5.97. The number of fused-ring (bicyclic) bond motifs is 20. The van der Waals surface area contributed by atoms with Gasteiger partial charge in [0.15, 0.2) is 29.1 Å². The minimum absolute atomic E-state index is 0.0949. The van der Waals surface area contributed by atoms with Crippen molar-refractivity contribution in [1.82, 2.24) is 24.9 Å². The molecule has 123 heavy (non-hydrogen) atoms. The molecule has 13 nitrogen and oxygen atoms in total. The van der Waals surface area contributed by atoms with E-state index in [2.05, 4.69) is 408 Å². The van der Waals surface area contributed by atoms with Crippen LogP contribution in [0.15, 0.2) is 328 Å². The minimum atomic E-state index is 0.0949. The number of nitrogens with zero attached hydrogens (tertiary/aromatic N) is 13. The van der Waals surface area contributed by atoms with Crippen molar-refractivity contribution in [3.63, 3.8) is 0 Å². The summed E-state index contributed by atoms with van der Waals surface area (Å²) in [6, 6.07) is 107. The molecule has 8 aliphatic heterocycles. The molecule has 0 aliphatic carbocycles. The van der Waals surface area contributed by atoms with Gasteiger partial charge in [-0.3, -0.25) is 0 Å². The number of hydrogen-bond donors (Lipinski definition) is 0. The monoisotopic (exact) mass is 1610 g/mol. The number of aromatic nitrogens is 5. The van der Waals surface area contributed by atoms with Crippen molar-refractivity contribution in [3.05, 3.63) is 378 Å². The van der Waals surface area contributed by atoms with Crippen molar-refractivity contribution in [3.8, 4) is 33.4 Å². The van der Waals surface area contributed by atoms with Crippen LogP contribution in [0.2, 0.25) is 0 Å². The van der Waals surface area contributed by atoms with E-state index < -0.39 is 0 Å². The van der Waals surface area contributed by atoms with Gasteiger partial charge in [0.2, 0.25) is 0 Å². The SMILES string of the molecule is CC(C)(C)c1ccc2c(c1)N1c3cccnc3N(c3ccccc3-c3ccccc3)C1C2.CC(C)(C)c1ccc2c(c1)N1c3ncccc3N(c3ccccc3-c3ccccc3)C1C2.CC(C)(C)c1ccc2c(c1)N1c3nccnc3N(c3ccccc3-c3ccccc3)C1C2.Cc1ccccc1N1c2cccnc2N2c3ccc(C(C)(C)C)cc3CC12. The molecule has 8 aliphatic rings. The Morgan fingerprint density at radius 2 is 0.480 bits per heavy atom. The lowest BCUT2D eigenvalue weighted by molar-refractivity contribution is 0.589. The van der Waals surface area contributed by atoms with Crippen LogP contribution in [0, 0.1) is 6.92 Å². The molecule has 0 amide bonds. The highest BCUT2D eigenvalue weighted by atomic mass is 15.5. The summed E-state index contributed by atoms with van der Waals surface area (Å²) in [6.07, 6.45) is 14.0. The van der Waals surface area contributed by atoms with Crippen molar-refractivity contribution in [2.24, 2.45) is 0 Å². The average Bonchev–Trinajstić information content (AvgIpc) is 1.57. The molecule has 15 aromatic rings. The van der Waals surface area contributed by atoms with E-state index in [1.54, 1.807) is 12.4 Å². The Labute approximate surface area is 725 Å². The first-order chi connectivity index (χ1) is 59.5. The Morgan fingerprint density at radius 1 is 0.211 bits per heavy atom. The van der Waals surface area contributed by atoms with E-state index in [0.717, 1.165) is 60.5 Å². The van der Waals surface area contributed by atoms with E-state index >= 15 is 0 Å². The van der Waals surface area contributed by atoms with Gasteiger partial charge < -0.3 is 39.2 Å². The molecule has 12 heterocycles. The fraction of sp³-hybridized carbons (Fsp3) is 0.227. The summed E-state index contributed by atoms with van der Waals surface area (Å²) in [7, 11) is 0. The van der Waals surface area contributed by atoms with Gasteiger partial charge in [0.25, 0.3) is 0 Å². The quantitative estimate of drug-likeness (QED) is 0.152. The average molecular weight is 1610 g/mol. The number of benzene rings is 11. The topological polar surface area (TPSA) is 90.4 Å². The highest BCUT2D eigenvalue weighted by Gasteiger charge is 2.50. The van der Waals surface area contributed by atoms with E-state index in [9.17, 15) is 0 Å². The van der Waals surface area contributed by atoms with Crippen molar-refractivity contribution in [2.75, 3.05) is 39.2 Å². The molecule has 0 saturated heterocycles. The van der Waals surface area contributed by atoms with Gasteiger partial charge in [-0.1, -0.05) is 295 Å². The second kappa shape index (κ2) is 30.5. The Balaban J connectivity index is 0.000000104. The molecule has 0 bridgehead atoms. The molecule has 0 radical (unpaired) electrons. The first kappa shape index (κ1) is 77.9. The van der Waals surface area contributed by atoms with E-state index in [-0.39, 0.29) is 46.3 Å². The maximum atomic E-state index is 4.86. The molecular formula is C110H105N13. The second-order valence-corrected chi connectivity index (χ2v) is 37.8. The number of rotatable bonds is 7. The lowest BCUT2D eigenvalue weighted by atomic mass is 9.86. The predicted octanol–water partition coefficient (Wildman–Crippen LogP) is 26.9. The van der Waals surface area contributed by atoms with Gasteiger partial charge in [-0.2, -0.15) is 0 Å². The molecule has 4 unspecified atom stereocenters. The van der Waals surface area contributed by atoms with E-state index in [4.69, 9.17) is 24.9 Å². The fourth-order valence-corrected chi connectivity index (χ4v) is 19.6. The van der Waals surface area contributed by atoms with Gasteiger partial charge >= 0.3 is 0 Å². The third-order valence-corrected chi connectivity index (χ3v) is 25.8. The standard InChI is InChI=1S/2C29H27N3.C28H26N4.C24H25N3/c1-29(2,3)22-16-15-21-18-27-31(26(21)19-22)25-14-9-17-30-28(25)32(27)24-13-8-7-12-23(24)20-10-5-4-6-11-20;1-29(2,3)22-16-15-21-18-27-31(25-14-9-17-30-28(25)32(27)26(21)19-22)24-13-8-7-12-23(24)20-10-5-4-6-11-20;1-28(2,3)21-14-13-20-17-25-31(26-27(30-16-15-29-26)32(25)24(20)18-21)23-12-8-7-11-22(23)19-9-5-4-6-10-19;1-16-8-5-6-9-19(16)26-21-10-7-13-25-23(21)27-20-12-11-18(24(2,3)4)14-17(20)15-22(26)27/h2*4-17,19,27H,18H2,1-3H3;4-16,18,25H,17H2,1-3H3;5-14,22H,15H2,1-4H3. The third kappa shape index (κ3) is 13.8. The highest BCUT2D eigenvalue weighted by Crippen LogP contribution is 2.59. The Kier molecular flexibility index (Phi) is 19.3. The summed E-state index contributed by atoms with van der Waals surface area (Å²) in [5.41, 5.74) is 33.7. The van der Waals surface area contributed by atoms with Gasteiger partial charge in [-0.05, 0) is 180 Å². The van der Waals surface area contributed by atoms with Crippen molar-refractivity contribution < 1.29 is 0 Å². The molecule has 0 fully saturated rings. The van der Waals surface area contributed by atoms with Crippen LogP contribution < -0.4 is 39.2 Å². The molecule has 0 spiro atoms. The molecule has 0 saturated carbocycles. The van der Waals surface area contributed by atoms with Crippen LogP contribution in [0.1, 0.15) is 133 Å². The number of anilines is 16. The maximum Gasteiger partial charge on any atom is 0.178 e. The summed E-state index contributed by atoms with van der Waals surface area (Å²) < 4.78 is 0. The number of hydrogen-bond acceptors (Lipinski definition) is 13. The maximum absolute atomic E-state index is 4.86. The Morgan fingerprint density at radius 3 is 0.878 bits per heavy atom. The van der Waals surface area contributed by atoms with Crippen LogP contribution in [0.5, 0.6) is 0 Å². The molecule has 11 aromatic carbocycles. The molecule has 0 N–H and O–H groups in total. The summed E-state index contributed by atoms with van der Waals surface area (Å²) in [5, 5.41) is 0. The first-order valence-corrected chi connectivity index (χ1v) is 43.5. The van der Waals surface area contributed by atoms with Gasteiger partial charge in [0, 0.05) is 102 Å². The van der Waals surface area contributed by atoms with Gasteiger partial charge in [-0.25, -0.2) is 24.9 Å². The smallest absolute Gasteiger partial charge is 0.178 e. The first-order valence-electron chi connectivity index (χ1n) is 43.5. The van der Waals surface area contributed by atoms with Crippen molar-refractivity contribution in [2.45, 2.75) is 162 Å². The molecule has 23 rings (SSSR count). The van der Waals surface area contributed by atoms with Crippen LogP contribution >= 0.6 is 0 Å². The fourth-order valence-electron chi connectivity index (χ4n) is 19.6.